The molecule has 0 aliphatic carbocycles. The molecule has 2 N–H and O–H groups in total. The number of aromatic amines is 1. The summed E-state index contributed by atoms with van der Waals surface area (Å²) in [6.45, 7) is 1.08. The van der Waals surface area contributed by atoms with Crippen LogP contribution in [0.15, 0.2) is 17.3 Å². The third-order valence-corrected chi connectivity index (χ3v) is 4.81. The van der Waals surface area contributed by atoms with Crippen molar-refractivity contribution in [2.45, 2.75) is 17.7 Å². The van der Waals surface area contributed by atoms with Gasteiger partial charge in [-0.05, 0) is 18.8 Å². The molecule has 90 valence electrons. The number of hydrogen-bond acceptors (Lipinski definition) is 4. The molecule has 1 aliphatic heterocycles. The van der Waals surface area contributed by atoms with Gasteiger partial charge < -0.3 is 5.11 Å². The molecule has 0 bridgehead atoms. The molecule has 7 heteroatoms. The normalized spacial score (nSPS) is 20.1. The zero-order valence-electron chi connectivity index (χ0n) is 8.83. The van der Waals surface area contributed by atoms with Crippen molar-refractivity contribution in [2.24, 2.45) is 5.92 Å². The summed E-state index contributed by atoms with van der Waals surface area (Å²) in [4.78, 5) is 0.204. The number of H-pyrrole nitrogens is 1. The summed E-state index contributed by atoms with van der Waals surface area (Å²) in [5.74, 6) is 0.232. The lowest BCUT2D eigenvalue weighted by Gasteiger charge is -2.29. The summed E-state index contributed by atoms with van der Waals surface area (Å²) in [5.41, 5.74) is 0. The average molecular weight is 245 g/mol. The first-order chi connectivity index (χ1) is 7.64. The summed E-state index contributed by atoms with van der Waals surface area (Å²) in [5, 5.41) is 15.1. The smallest absolute Gasteiger partial charge is 0.246 e. The third kappa shape index (κ3) is 2.11. The molecule has 0 saturated carbocycles. The van der Waals surface area contributed by atoms with E-state index in [0.717, 1.165) is 0 Å². The Kier molecular flexibility index (Phi) is 3.27. The highest BCUT2D eigenvalue weighted by Gasteiger charge is 2.29. The van der Waals surface area contributed by atoms with E-state index in [1.54, 1.807) is 0 Å². The van der Waals surface area contributed by atoms with E-state index in [9.17, 15) is 8.42 Å². The van der Waals surface area contributed by atoms with Gasteiger partial charge in [0.15, 0.2) is 0 Å². The Hall–Kier alpha value is -0.920. The molecule has 2 rings (SSSR count). The van der Waals surface area contributed by atoms with Gasteiger partial charge in [0.1, 0.15) is 4.90 Å². The van der Waals surface area contributed by atoms with Crippen molar-refractivity contribution in [2.75, 3.05) is 19.7 Å². The van der Waals surface area contributed by atoms with E-state index in [1.807, 2.05) is 0 Å². The van der Waals surface area contributed by atoms with E-state index in [2.05, 4.69) is 10.2 Å². The molecular formula is C9H15N3O3S. The van der Waals surface area contributed by atoms with Crippen LogP contribution in [0, 0.1) is 5.92 Å². The predicted molar refractivity (Wildman–Crippen MR) is 57.2 cm³/mol. The fraction of sp³-hybridized carbons (Fsp3) is 0.667. The van der Waals surface area contributed by atoms with Gasteiger partial charge in [-0.1, -0.05) is 0 Å². The van der Waals surface area contributed by atoms with Crippen molar-refractivity contribution >= 4 is 10.0 Å². The largest absolute Gasteiger partial charge is 0.396 e. The first-order valence-corrected chi connectivity index (χ1v) is 6.68. The van der Waals surface area contributed by atoms with Crippen molar-refractivity contribution in [3.63, 3.8) is 0 Å². The Morgan fingerprint density at radius 2 is 2.19 bits per heavy atom. The molecule has 6 nitrogen and oxygen atoms in total. The fourth-order valence-corrected chi connectivity index (χ4v) is 3.24. The molecular weight excluding hydrogens is 230 g/mol. The Bertz CT molecular complexity index is 421. The number of nitrogens with zero attached hydrogens (tertiary/aromatic N) is 2. The number of hydrogen-bond donors (Lipinski definition) is 2. The Morgan fingerprint density at radius 1 is 1.50 bits per heavy atom. The standard InChI is InChI=1S/C9H15N3O3S/c13-7-8-1-3-12(4-2-8)16(14,15)9-5-10-11-6-9/h5-6,8,13H,1-4,7H2,(H,10,11). The average Bonchev–Trinajstić information content (AvgIpc) is 2.83. The molecule has 1 aromatic rings. The van der Waals surface area contributed by atoms with Gasteiger partial charge in [-0.15, -0.1) is 0 Å². The van der Waals surface area contributed by atoms with Crippen LogP contribution >= 0.6 is 0 Å². The minimum absolute atomic E-state index is 0.138. The zero-order valence-corrected chi connectivity index (χ0v) is 9.65. The molecule has 1 saturated heterocycles. The van der Waals surface area contributed by atoms with E-state index in [0.29, 0.717) is 25.9 Å². The van der Waals surface area contributed by atoms with E-state index in [4.69, 9.17) is 5.11 Å². The van der Waals surface area contributed by atoms with Crippen LogP contribution in [0.2, 0.25) is 0 Å². The molecule has 0 unspecified atom stereocenters. The van der Waals surface area contributed by atoms with Crippen molar-refractivity contribution in [1.82, 2.24) is 14.5 Å². The van der Waals surface area contributed by atoms with Crippen LogP contribution in [-0.4, -0.2) is 47.7 Å². The molecule has 0 radical (unpaired) electrons. The number of nitrogens with one attached hydrogen (secondary N) is 1. The van der Waals surface area contributed by atoms with Gasteiger partial charge in [0.05, 0.1) is 6.20 Å². The highest BCUT2D eigenvalue weighted by Crippen LogP contribution is 2.22. The molecule has 16 heavy (non-hydrogen) atoms. The first kappa shape index (κ1) is 11.6. The predicted octanol–water partition coefficient (Wildman–Crippen LogP) is -0.197. The van der Waals surface area contributed by atoms with Gasteiger partial charge in [0.25, 0.3) is 0 Å². The van der Waals surface area contributed by atoms with Gasteiger partial charge >= 0.3 is 0 Å². The maximum absolute atomic E-state index is 12.0. The summed E-state index contributed by atoms with van der Waals surface area (Å²) in [6.07, 6.45) is 4.13. The monoisotopic (exact) mass is 245 g/mol. The zero-order chi connectivity index (χ0) is 11.6. The lowest BCUT2D eigenvalue weighted by molar-refractivity contribution is 0.170. The van der Waals surface area contributed by atoms with E-state index in [-0.39, 0.29) is 17.4 Å². The van der Waals surface area contributed by atoms with Gasteiger partial charge in [0, 0.05) is 25.9 Å². The highest BCUT2D eigenvalue weighted by atomic mass is 32.2. The second-order valence-electron chi connectivity index (χ2n) is 3.96. The maximum atomic E-state index is 12.0. The van der Waals surface area contributed by atoms with Gasteiger partial charge in [0.2, 0.25) is 10.0 Å². The molecule has 0 spiro atoms. The molecule has 0 amide bonds. The second-order valence-corrected chi connectivity index (χ2v) is 5.90. The number of piperidine rings is 1. The van der Waals surface area contributed by atoms with E-state index >= 15 is 0 Å². The maximum Gasteiger partial charge on any atom is 0.246 e. The minimum Gasteiger partial charge on any atom is -0.396 e. The molecule has 0 aromatic carbocycles. The van der Waals surface area contributed by atoms with Crippen LogP contribution < -0.4 is 0 Å². The van der Waals surface area contributed by atoms with Crippen molar-refractivity contribution in [3.05, 3.63) is 12.4 Å². The van der Waals surface area contributed by atoms with Crippen molar-refractivity contribution < 1.29 is 13.5 Å². The number of aliphatic hydroxyl groups excluding tert-OH is 1. The van der Waals surface area contributed by atoms with Crippen LogP contribution in [0.25, 0.3) is 0 Å². The number of rotatable bonds is 3. The minimum atomic E-state index is -3.39. The van der Waals surface area contributed by atoms with Crippen LogP contribution in [-0.2, 0) is 10.0 Å². The van der Waals surface area contributed by atoms with Crippen LogP contribution in [0.3, 0.4) is 0 Å². The van der Waals surface area contributed by atoms with Crippen LogP contribution in [0.4, 0.5) is 0 Å². The van der Waals surface area contributed by atoms with Crippen molar-refractivity contribution in [1.29, 1.82) is 0 Å². The topological polar surface area (TPSA) is 86.3 Å². The molecule has 1 aliphatic rings. The molecule has 2 heterocycles. The lowest BCUT2D eigenvalue weighted by Crippen LogP contribution is -2.39. The van der Waals surface area contributed by atoms with E-state index < -0.39 is 10.0 Å². The van der Waals surface area contributed by atoms with Crippen molar-refractivity contribution in [3.8, 4) is 0 Å². The Morgan fingerprint density at radius 3 is 2.69 bits per heavy atom. The summed E-state index contributed by atoms with van der Waals surface area (Å²) >= 11 is 0. The molecule has 1 aromatic heterocycles. The molecule has 1 fully saturated rings. The SMILES string of the molecule is O=S(=O)(c1cn[nH]c1)N1CCC(CO)CC1. The number of aliphatic hydroxyl groups is 1. The van der Waals surface area contributed by atoms with Crippen LogP contribution in [0.1, 0.15) is 12.8 Å². The third-order valence-electron chi connectivity index (χ3n) is 2.94. The molecule has 0 atom stereocenters. The number of aromatic nitrogens is 2. The summed E-state index contributed by atoms with van der Waals surface area (Å²) in [6, 6.07) is 0. The van der Waals surface area contributed by atoms with Gasteiger partial charge in [-0.3, -0.25) is 5.10 Å². The summed E-state index contributed by atoms with van der Waals surface area (Å²) in [7, 11) is -3.39. The first-order valence-electron chi connectivity index (χ1n) is 5.24. The number of sulfonamides is 1. The lowest BCUT2D eigenvalue weighted by atomic mass is 10.00. The quantitative estimate of drug-likeness (QED) is 0.772. The second kappa shape index (κ2) is 4.52. The fourth-order valence-electron chi connectivity index (χ4n) is 1.86. The Balaban J connectivity index is 2.09. The van der Waals surface area contributed by atoms with Gasteiger partial charge in [-0.2, -0.15) is 9.40 Å². The van der Waals surface area contributed by atoms with Gasteiger partial charge in [-0.25, -0.2) is 8.42 Å². The highest BCUT2D eigenvalue weighted by molar-refractivity contribution is 7.89. The van der Waals surface area contributed by atoms with E-state index in [1.165, 1.54) is 16.7 Å². The van der Waals surface area contributed by atoms with Crippen LogP contribution in [0.5, 0.6) is 0 Å². The Labute approximate surface area is 94.3 Å². The summed E-state index contributed by atoms with van der Waals surface area (Å²) < 4.78 is 25.5.